The third kappa shape index (κ3) is 3.87. The highest BCUT2D eigenvalue weighted by atomic mass is 32.2. The first-order valence-electron chi connectivity index (χ1n) is 11.0. The number of benzene rings is 1. The maximum absolute atomic E-state index is 13.6. The summed E-state index contributed by atoms with van der Waals surface area (Å²) in [5.41, 5.74) is 2.85. The number of aryl methyl sites for hydroxylation is 1. The van der Waals surface area contributed by atoms with Crippen molar-refractivity contribution in [2.75, 3.05) is 18.0 Å². The van der Waals surface area contributed by atoms with E-state index in [0.717, 1.165) is 37.1 Å². The minimum atomic E-state index is -0.193. The zero-order chi connectivity index (χ0) is 23.1. The first-order chi connectivity index (χ1) is 16.0. The van der Waals surface area contributed by atoms with Crippen LogP contribution in [0.2, 0.25) is 0 Å². The molecule has 4 heterocycles. The maximum Gasteiger partial charge on any atom is 0.267 e. The molecule has 2 saturated heterocycles. The number of rotatable bonds is 4. The highest BCUT2D eigenvalue weighted by Gasteiger charge is 2.36. The number of hydrogen-bond acceptors (Lipinski definition) is 6. The second kappa shape index (κ2) is 8.76. The summed E-state index contributed by atoms with van der Waals surface area (Å²) in [5.74, 6) is 0.468. The zero-order valence-electron chi connectivity index (χ0n) is 18.5. The fraction of sp³-hybridized carbons (Fsp3) is 0.280. The molecule has 0 radical (unpaired) electrons. The van der Waals surface area contributed by atoms with Crippen LogP contribution in [0.25, 0.3) is 11.7 Å². The van der Waals surface area contributed by atoms with Crippen molar-refractivity contribution in [1.29, 1.82) is 0 Å². The summed E-state index contributed by atoms with van der Waals surface area (Å²) in [6.07, 6.45) is 5.54. The summed E-state index contributed by atoms with van der Waals surface area (Å²) in [6, 6.07) is 13.4. The second-order valence-electron chi connectivity index (χ2n) is 8.37. The molecule has 0 saturated carbocycles. The van der Waals surface area contributed by atoms with E-state index in [-0.39, 0.29) is 17.5 Å². The van der Waals surface area contributed by atoms with Crippen LogP contribution in [0.5, 0.6) is 0 Å². The number of nitrogens with zero attached hydrogens (tertiary/aromatic N) is 4. The van der Waals surface area contributed by atoms with Crippen LogP contribution in [0, 0.1) is 6.92 Å². The molecule has 0 unspecified atom stereocenters. The van der Waals surface area contributed by atoms with Gasteiger partial charge in [0.05, 0.1) is 16.5 Å². The lowest BCUT2D eigenvalue weighted by atomic mass is 10.1. The van der Waals surface area contributed by atoms with E-state index in [4.69, 9.17) is 17.2 Å². The first kappa shape index (κ1) is 21.9. The Bertz CT molecular complexity index is 1340. The van der Waals surface area contributed by atoms with E-state index in [0.29, 0.717) is 26.3 Å². The number of pyridine rings is 1. The smallest absolute Gasteiger partial charge is 0.267 e. The molecular formula is C25H24N4O2S2. The number of thioether (sulfide) groups is 1. The van der Waals surface area contributed by atoms with Crippen LogP contribution in [-0.4, -0.2) is 37.6 Å². The SMILES string of the molecule is Cc1cccn2c(=O)c(/C=C3/SC(=S)N([C@H](C)c4ccccc4)C3=O)c(N3CCCC3)nc12. The molecule has 1 aromatic carbocycles. The number of amides is 1. The van der Waals surface area contributed by atoms with Crippen LogP contribution in [0.1, 0.15) is 42.5 Å². The minimum Gasteiger partial charge on any atom is -0.356 e. The molecule has 168 valence electrons. The number of fused-ring (bicyclic) bond motifs is 1. The highest BCUT2D eigenvalue weighted by Crippen LogP contribution is 2.38. The molecule has 0 spiro atoms. The summed E-state index contributed by atoms with van der Waals surface area (Å²) < 4.78 is 2.06. The Kier molecular flexibility index (Phi) is 5.80. The Balaban J connectivity index is 1.61. The minimum absolute atomic E-state index is 0.174. The zero-order valence-corrected chi connectivity index (χ0v) is 20.2. The summed E-state index contributed by atoms with van der Waals surface area (Å²) in [6.45, 7) is 5.61. The van der Waals surface area contributed by atoms with Crippen molar-refractivity contribution < 1.29 is 4.79 Å². The van der Waals surface area contributed by atoms with Crippen molar-refractivity contribution in [3.05, 3.63) is 80.6 Å². The molecule has 6 nitrogen and oxygen atoms in total. The Morgan fingerprint density at radius 2 is 1.82 bits per heavy atom. The fourth-order valence-corrected chi connectivity index (χ4v) is 5.82. The van der Waals surface area contributed by atoms with Gasteiger partial charge in [0.15, 0.2) is 0 Å². The van der Waals surface area contributed by atoms with Crippen LogP contribution < -0.4 is 10.5 Å². The highest BCUT2D eigenvalue weighted by molar-refractivity contribution is 8.26. The van der Waals surface area contributed by atoms with Crippen LogP contribution in [0.15, 0.2) is 58.4 Å². The largest absolute Gasteiger partial charge is 0.356 e. The van der Waals surface area contributed by atoms with Crippen LogP contribution in [0.3, 0.4) is 0 Å². The van der Waals surface area contributed by atoms with Gasteiger partial charge in [-0.3, -0.25) is 18.9 Å². The van der Waals surface area contributed by atoms with Crippen LogP contribution in [-0.2, 0) is 4.79 Å². The molecule has 5 rings (SSSR count). The van der Waals surface area contributed by atoms with Gasteiger partial charge < -0.3 is 4.90 Å². The topological polar surface area (TPSA) is 57.9 Å². The molecule has 2 aliphatic rings. The van der Waals surface area contributed by atoms with Crippen LogP contribution >= 0.6 is 24.0 Å². The Morgan fingerprint density at radius 3 is 2.55 bits per heavy atom. The van der Waals surface area contributed by atoms with Crippen LogP contribution in [0.4, 0.5) is 5.82 Å². The number of carbonyl (C=O) groups excluding carboxylic acids is 1. The molecule has 33 heavy (non-hydrogen) atoms. The van der Waals surface area contributed by atoms with E-state index in [9.17, 15) is 9.59 Å². The molecular weight excluding hydrogens is 452 g/mol. The van der Waals surface area contributed by atoms with E-state index in [1.54, 1.807) is 21.6 Å². The van der Waals surface area contributed by atoms with Gasteiger partial charge in [0.25, 0.3) is 11.5 Å². The van der Waals surface area contributed by atoms with Crippen molar-refractivity contribution in [3.63, 3.8) is 0 Å². The van der Waals surface area contributed by atoms with Crippen molar-refractivity contribution in [3.8, 4) is 0 Å². The van der Waals surface area contributed by atoms with Gasteiger partial charge in [-0.25, -0.2) is 4.98 Å². The van der Waals surface area contributed by atoms with Gasteiger partial charge in [-0.1, -0.05) is 60.4 Å². The average molecular weight is 477 g/mol. The predicted molar refractivity (Wildman–Crippen MR) is 138 cm³/mol. The van der Waals surface area contributed by atoms with Gasteiger partial charge in [-0.2, -0.15) is 0 Å². The van der Waals surface area contributed by atoms with E-state index < -0.39 is 0 Å². The fourth-order valence-electron chi connectivity index (χ4n) is 4.42. The second-order valence-corrected chi connectivity index (χ2v) is 10.0. The maximum atomic E-state index is 13.6. The molecule has 0 bridgehead atoms. The van der Waals surface area contributed by atoms with Gasteiger partial charge >= 0.3 is 0 Å². The number of anilines is 1. The lowest BCUT2D eigenvalue weighted by molar-refractivity contribution is -0.123. The first-order valence-corrected chi connectivity index (χ1v) is 12.3. The van der Waals surface area contributed by atoms with Gasteiger partial charge in [0.2, 0.25) is 0 Å². The molecule has 1 amide bonds. The van der Waals surface area contributed by atoms with Gasteiger partial charge in [-0.05, 0) is 50.0 Å². The lowest BCUT2D eigenvalue weighted by Crippen LogP contribution is -2.31. The Hall–Kier alpha value is -2.97. The number of carbonyl (C=O) groups is 1. The summed E-state index contributed by atoms with van der Waals surface area (Å²) in [5, 5.41) is 0. The van der Waals surface area contributed by atoms with Crippen molar-refractivity contribution in [1.82, 2.24) is 14.3 Å². The standard InChI is InChI=1S/C25H24N4O2S2/c1-16-9-8-14-28-21(16)26-22(27-12-6-7-13-27)19(23(28)30)15-20-24(31)29(25(32)33-20)17(2)18-10-4-3-5-11-18/h3-5,8-11,14-15,17H,6-7,12-13H2,1-2H3/b20-15+/t17-/m1/s1. The summed E-state index contributed by atoms with van der Waals surface area (Å²) >= 11 is 6.81. The summed E-state index contributed by atoms with van der Waals surface area (Å²) in [4.78, 5) is 36.1. The normalized spacial score (nSPS) is 18.7. The molecule has 2 fully saturated rings. The third-order valence-corrected chi connectivity index (χ3v) is 7.57. The number of aromatic nitrogens is 2. The molecule has 0 N–H and O–H groups in total. The monoisotopic (exact) mass is 476 g/mol. The molecule has 0 aliphatic carbocycles. The molecule has 2 aromatic heterocycles. The van der Waals surface area contributed by atoms with Crippen molar-refractivity contribution >= 4 is 51.7 Å². The summed E-state index contributed by atoms with van der Waals surface area (Å²) in [7, 11) is 0. The van der Waals surface area contributed by atoms with Gasteiger partial charge in [0.1, 0.15) is 15.8 Å². The van der Waals surface area contributed by atoms with Crippen molar-refractivity contribution in [2.24, 2.45) is 0 Å². The van der Waals surface area contributed by atoms with E-state index in [2.05, 4.69) is 4.90 Å². The number of thiocarbonyl (C=S) groups is 1. The van der Waals surface area contributed by atoms with E-state index in [1.807, 2.05) is 56.3 Å². The molecule has 1 atom stereocenters. The third-order valence-electron chi connectivity index (χ3n) is 6.24. The van der Waals surface area contributed by atoms with Gasteiger partial charge in [0, 0.05) is 19.3 Å². The number of hydrogen-bond donors (Lipinski definition) is 0. The molecule has 8 heteroatoms. The van der Waals surface area contributed by atoms with Crippen molar-refractivity contribution in [2.45, 2.75) is 32.7 Å². The Labute approximate surface area is 201 Å². The quantitative estimate of drug-likeness (QED) is 0.406. The molecule has 3 aromatic rings. The predicted octanol–water partition coefficient (Wildman–Crippen LogP) is 4.57. The van der Waals surface area contributed by atoms with E-state index >= 15 is 0 Å². The Morgan fingerprint density at radius 1 is 1.09 bits per heavy atom. The lowest BCUT2D eigenvalue weighted by Gasteiger charge is -2.23. The van der Waals surface area contributed by atoms with E-state index in [1.165, 1.54) is 11.8 Å². The average Bonchev–Trinajstić information content (AvgIpc) is 3.44. The van der Waals surface area contributed by atoms with Gasteiger partial charge in [-0.15, -0.1) is 0 Å². The molecule has 2 aliphatic heterocycles.